The second kappa shape index (κ2) is 8.83. The summed E-state index contributed by atoms with van der Waals surface area (Å²) in [6.07, 6.45) is 0.796. The molecule has 0 spiro atoms. The minimum absolute atomic E-state index is 0.0445. The molecule has 0 fully saturated rings. The number of esters is 1. The predicted octanol–water partition coefficient (Wildman–Crippen LogP) is 3.10. The number of carbonyl (C=O) groups excluding carboxylic acids is 2. The third-order valence-corrected chi connectivity index (χ3v) is 4.83. The number of thioether (sulfide) groups is 1. The smallest absolute Gasteiger partial charge is 0.328 e. The Morgan fingerprint density at radius 3 is 2.50 bits per heavy atom. The van der Waals surface area contributed by atoms with Gasteiger partial charge in [0.25, 0.3) is 0 Å². The molecule has 0 bridgehead atoms. The molecule has 0 aliphatic carbocycles. The van der Waals surface area contributed by atoms with Crippen molar-refractivity contribution in [2.24, 2.45) is 5.92 Å². The van der Waals surface area contributed by atoms with Crippen LogP contribution < -0.4 is 5.32 Å². The van der Waals surface area contributed by atoms with Crippen molar-refractivity contribution in [3.63, 3.8) is 0 Å². The highest BCUT2D eigenvalue weighted by Crippen LogP contribution is 2.21. The third kappa shape index (κ3) is 5.37. The van der Waals surface area contributed by atoms with Crippen LogP contribution in [0.4, 0.5) is 0 Å². The molecule has 0 aliphatic rings. The number of hydrogen-bond donors (Lipinski definition) is 1. The Morgan fingerprint density at radius 2 is 1.95 bits per heavy atom. The zero-order valence-corrected chi connectivity index (χ0v) is 14.8. The van der Waals surface area contributed by atoms with E-state index in [4.69, 9.17) is 4.74 Å². The molecular weight excluding hydrogens is 298 g/mol. The van der Waals surface area contributed by atoms with Crippen molar-refractivity contribution in [1.29, 1.82) is 0 Å². The SMILES string of the molecule is CC[C@@H](C)[C@@H](NC(=O)CSc1ccc(C)c(C)c1)C(=O)OC. The average molecular weight is 323 g/mol. The lowest BCUT2D eigenvalue weighted by Gasteiger charge is -2.21. The van der Waals surface area contributed by atoms with Gasteiger partial charge >= 0.3 is 5.97 Å². The van der Waals surface area contributed by atoms with E-state index < -0.39 is 6.04 Å². The number of rotatable bonds is 7. The van der Waals surface area contributed by atoms with Crippen LogP contribution in [0.2, 0.25) is 0 Å². The summed E-state index contributed by atoms with van der Waals surface area (Å²) in [7, 11) is 1.34. The first-order chi connectivity index (χ1) is 10.4. The standard InChI is InChI=1S/C17H25NO3S/c1-6-11(2)16(17(20)21-5)18-15(19)10-22-14-8-7-12(3)13(4)9-14/h7-9,11,16H,6,10H2,1-5H3,(H,18,19)/t11-,16-/m1/s1. The van der Waals surface area contributed by atoms with Crippen molar-refractivity contribution in [1.82, 2.24) is 5.32 Å². The summed E-state index contributed by atoms with van der Waals surface area (Å²) in [4.78, 5) is 24.9. The van der Waals surface area contributed by atoms with Crippen LogP contribution in [0.1, 0.15) is 31.4 Å². The molecule has 2 atom stereocenters. The number of benzene rings is 1. The van der Waals surface area contributed by atoms with Gasteiger partial charge in [-0.05, 0) is 43.0 Å². The molecule has 1 rings (SSSR count). The highest BCUT2D eigenvalue weighted by atomic mass is 32.2. The topological polar surface area (TPSA) is 55.4 Å². The van der Waals surface area contributed by atoms with Gasteiger partial charge in [0.2, 0.25) is 5.91 Å². The molecule has 1 N–H and O–H groups in total. The van der Waals surface area contributed by atoms with Crippen LogP contribution in [-0.4, -0.2) is 30.8 Å². The molecule has 4 nitrogen and oxygen atoms in total. The number of amides is 1. The zero-order chi connectivity index (χ0) is 16.7. The van der Waals surface area contributed by atoms with E-state index in [9.17, 15) is 9.59 Å². The Balaban J connectivity index is 2.60. The maximum absolute atomic E-state index is 12.1. The van der Waals surface area contributed by atoms with E-state index in [1.54, 1.807) is 0 Å². The summed E-state index contributed by atoms with van der Waals surface area (Å²) in [6, 6.07) is 5.54. The summed E-state index contributed by atoms with van der Waals surface area (Å²) < 4.78 is 4.77. The minimum atomic E-state index is -0.581. The third-order valence-electron chi connectivity index (χ3n) is 3.83. The van der Waals surface area contributed by atoms with Crippen LogP contribution >= 0.6 is 11.8 Å². The minimum Gasteiger partial charge on any atom is -0.467 e. The maximum atomic E-state index is 12.1. The number of methoxy groups -OCH3 is 1. The van der Waals surface area contributed by atoms with E-state index in [1.807, 2.05) is 26.0 Å². The fourth-order valence-corrected chi connectivity index (χ4v) is 2.77. The summed E-state index contributed by atoms with van der Waals surface area (Å²) >= 11 is 1.47. The zero-order valence-electron chi connectivity index (χ0n) is 13.9. The first-order valence-corrected chi connectivity index (χ1v) is 8.44. The van der Waals surface area contributed by atoms with Crippen LogP contribution in [0.3, 0.4) is 0 Å². The van der Waals surface area contributed by atoms with Crippen LogP contribution in [0.25, 0.3) is 0 Å². The largest absolute Gasteiger partial charge is 0.467 e. The summed E-state index contributed by atoms with van der Waals surface area (Å²) in [5.74, 6) is -0.215. The number of carbonyl (C=O) groups is 2. The first kappa shape index (κ1) is 18.6. The number of nitrogens with one attached hydrogen (secondary N) is 1. The molecule has 5 heteroatoms. The Kier molecular flexibility index (Phi) is 7.45. The Morgan fingerprint density at radius 1 is 1.27 bits per heavy atom. The highest BCUT2D eigenvalue weighted by molar-refractivity contribution is 8.00. The molecule has 0 radical (unpaired) electrons. The van der Waals surface area contributed by atoms with Crippen molar-refractivity contribution in [3.8, 4) is 0 Å². The summed E-state index contributed by atoms with van der Waals surface area (Å²) in [5.41, 5.74) is 2.44. The maximum Gasteiger partial charge on any atom is 0.328 e. The van der Waals surface area contributed by atoms with Gasteiger partial charge < -0.3 is 10.1 Å². The van der Waals surface area contributed by atoms with Crippen LogP contribution in [0.15, 0.2) is 23.1 Å². The van der Waals surface area contributed by atoms with Gasteiger partial charge in [-0.25, -0.2) is 4.79 Å². The summed E-state index contributed by atoms with van der Waals surface area (Å²) in [5, 5.41) is 2.78. The molecule has 1 amide bonds. The average Bonchev–Trinajstić information content (AvgIpc) is 2.52. The van der Waals surface area contributed by atoms with Crippen molar-refractivity contribution in [2.45, 2.75) is 45.1 Å². The Bertz CT molecular complexity index is 531. The van der Waals surface area contributed by atoms with E-state index in [-0.39, 0.29) is 23.5 Å². The van der Waals surface area contributed by atoms with Gasteiger partial charge in [-0.3, -0.25) is 4.79 Å². The van der Waals surface area contributed by atoms with E-state index >= 15 is 0 Å². The number of aryl methyl sites for hydroxylation is 2. The van der Waals surface area contributed by atoms with Gasteiger partial charge in [-0.2, -0.15) is 0 Å². The van der Waals surface area contributed by atoms with Gasteiger partial charge in [-0.1, -0.05) is 26.3 Å². The Hall–Kier alpha value is -1.49. The first-order valence-electron chi connectivity index (χ1n) is 7.46. The van der Waals surface area contributed by atoms with Crippen molar-refractivity contribution in [2.75, 3.05) is 12.9 Å². The molecule has 1 aromatic rings. The quantitative estimate of drug-likeness (QED) is 0.619. The normalized spacial score (nSPS) is 13.3. The van der Waals surface area contributed by atoms with Crippen LogP contribution in [0.5, 0.6) is 0 Å². The van der Waals surface area contributed by atoms with Gasteiger partial charge in [0.05, 0.1) is 12.9 Å². The molecule has 122 valence electrons. The fourth-order valence-electron chi connectivity index (χ4n) is 1.96. The predicted molar refractivity (Wildman–Crippen MR) is 90.0 cm³/mol. The second-order valence-corrected chi connectivity index (χ2v) is 6.54. The molecule has 0 aromatic heterocycles. The Labute approximate surface area is 137 Å². The molecule has 0 saturated heterocycles. The van der Waals surface area contributed by atoms with Crippen molar-refractivity contribution >= 4 is 23.6 Å². The molecule has 1 aromatic carbocycles. The van der Waals surface area contributed by atoms with Crippen molar-refractivity contribution < 1.29 is 14.3 Å². The lowest BCUT2D eigenvalue weighted by molar-refractivity contribution is -0.146. The van der Waals surface area contributed by atoms with E-state index in [1.165, 1.54) is 30.0 Å². The van der Waals surface area contributed by atoms with Crippen molar-refractivity contribution in [3.05, 3.63) is 29.3 Å². The van der Waals surface area contributed by atoms with E-state index in [0.29, 0.717) is 0 Å². The lowest BCUT2D eigenvalue weighted by atomic mass is 9.99. The van der Waals surface area contributed by atoms with Crippen LogP contribution in [-0.2, 0) is 14.3 Å². The summed E-state index contributed by atoms with van der Waals surface area (Å²) in [6.45, 7) is 8.02. The van der Waals surface area contributed by atoms with E-state index in [2.05, 4.69) is 25.2 Å². The lowest BCUT2D eigenvalue weighted by Crippen LogP contribution is -2.46. The van der Waals surface area contributed by atoms with Gasteiger partial charge in [0.15, 0.2) is 0 Å². The molecule has 0 aliphatic heterocycles. The molecule has 0 saturated carbocycles. The molecular formula is C17H25NO3S. The van der Waals surface area contributed by atoms with Gasteiger partial charge in [-0.15, -0.1) is 11.8 Å². The monoisotopic (exact) mass is 323 g/mol. The number of ether oxygens (including phenoxy) is 1. The molecule has 0 unspecified atom stereocenters. The fraction of sp³-hybridized carbons (Fsp3) is 0.529. The highest BCUT2D eigenvalue weighted by Gasteiger charge is 2.26. The van der Waals surface area contributed by atoms with Gasteiger partial charge in [0, 0.05) is 4.90 Å². The molecule has 22 heavy (non-hydrogen) atoms. The van der Waals surface area contributed by atoms with Gasteiger partial charge in [0.1, 0.15) is 6.04 Å². The van der Waals surface area contributed by atoms with Crippen LogP contribution in [0, 0.1) is 19.8 Å². The molecule has 0 heterocycles. The second-order valence-electron chi connectivity index (χ2n) is 5.49. The number of hydrogen-bond acceptors (Lipinski definition) is 4. The van der Waals surface area contributed by atoms with E-state index in [0.717, 1.165) is 11.3 Å².